The van der Waals surface area contributed by atoms with Crippen LogP contribution in [0, 0.1) is 5.82 Å². The van der Waals surface area contributed by atoms with Crippen LogP contribution in [0.15, 0.2) is 77.9 Å². The summed E-state index contributed by atoms with van der Waals surface area (Å²) in [6, 6.07) is 16.1. The number of benzene rings is 3. The molecule has 4 aromatic rings. The Morgan fingerprint density at radius 3 is 2.44 bits per heavy atom. The number of nitrogens with one attached hydrogen (secondary N) is 2. The van der Waals surface area contributed by atoms with E-state index in [9.17, 15) is 18.8 Å². The topological polar surface area (TPSA) is 154 Å². The van der Waals surface area contributed by atoms with Gasteiger partial charge < -0.3 is 20.8 Å². The highest BCUT2D eigenvalue weighted by Gasteiger charge is 2.24. The molecule has 1 unspecified atom stereocenters. The van der Waals surface area contributed by atoms with Gasteiger partial charge in [-0.15, -0.1) is 0 Å². The van der Waals surface area contributed by atoms with Crippen LogP contribution in [0.1, 0.15) is 33.5 Å². The molecule has 0 saturated carbocycles. The third-order valence-electron chi connectivity index (χ3n) is 6.28. The van der Waals surface area contributed by atoms with Gasteiger partial charge >= 0.3 is 11.9 Å². The lowest BCUT2D eigenvalue weighted by Crippen LogP contribution is -2.42. The fourth-order valence-electron chi connectivity index (χ4n) is 4.32. The van der Waals surface area contributed by atoms with Crippen molar-refractivity contribution in [1.29, 1.82) is 0 Å². The van der Waals surface area contributed by atoms with Crippen LogP contribution in [0.4, 0.5) is 16.0 Å². The van der Waals surface area contributed by atoms with Crippen molar-refractivity contribution in [3.05, 3.63) is 106 Å². The van der Waals surface area contributed by atoms with Gasteiger partial charge in [0.15, 0.2) is 0 Å². The minimum absolute atomic E-state index is 0.138. The summed E-state index contributed by atoms with van der Waals surface area (Å²) in [5.74, 6) is -3.68. The van der Waals surface area contributed by atoms with E-state index < -0.39 is 36.1 Å². The van der Waals surface area contributed by atoms with Gasteiger partial charge in [0.1, 0.15) is 11.9 Å². The van der Waals surface area contributed by atoms with E-state index in [1.807, 2.05) is 0 Å². The third-order valence-corrected chi connectivity index (χ3v) is 6.51. The normalized spacial score (nSPS) is 12.7. The van der Waals surface area contributed by atoms with Gasteiger partial charge in [0.05, 0.1) is 24.4 Å². The number of carboxylic acids is 2. The quantitative estimate of drug-likeness (QED) is 0.237. The SMILES string of the molecule is O=C(O)CC(NC(=O)c1ccc(Nc2ncc3c(n2)-c2ccc(Cl)cc2C(c2ccccc2F)=NC3)cc1)C(=O)O. The zero-order valence-electron chi connectivity index (χ0n) is 21.1. The molecule has 1 aliphatic heterocycles. The summed E-state index contributed by atoms with van der Waals surface area (Å²) >= 11 is 6.31. The Morgan fingerprint density at radius 2 is 1.73 bits per heavy atom. The lowest BCUT2D eigenvalue weighted by Gasteiger charge is -2.14. The van der Waals surface area contributed by atoms with Crippen molar-refractivity contribution < 1.29 is 29.0 Å². The van der Waals surface area contributed by atoms with Crippen LogP contribution in [0.2, 0.25) is 5.02 Å². The van der Waals surface area contributed by atoms with Crippen LogP contribution in [0.25, 0.3) is 11.3 Å². The Hall–Kier alpha value is -5.16. The predicted molar refractivity (Wildman–Crippen MR) is 149 cm³/mol. The van der Waals surface area contributed by atoms with E-state index in [2.05, 4.69) is 20.6 Å². The van der Waals surface area contributed by atoms with Gasteiger partial charge in [0.2, 0.25) is 5.95 Å². The standard InChI is InChI=1S/C29H21ClFN5O5/c30-17-7-10-19-21(11-17)26(20-3-1-2-4-22(20)31)32-13-16-14-33-29(36-25(16)19)34-18-8-5-15(6-9-18)27(39)35-23(28(40)41)12-24(37)38/h1-11,14,23H,12-13H2,(H,35,39)(H,37,38)(H,40,41)(H,33,34,36). The minimum atomic E-state index is -1.56. The van der Waals surface area contributed by atoms with E-state index in [-0.39, 0.29) is 18.1 Å². The molecule has 0 fully saturated rings. The van der Waals surface area contributed by atoms with Crippen LogP contribution < -0.4 is 10.6 Å². The number of nitrogens with zero attached hydrogens (tertiary/aromatic N) is 3. The Bertz CT molecular complexity index is 1710. The predicted octanol–water partition coefficient (Wildman–Crippen LogP) is 4.69. The number of fused-ring (bicyclic) bond motifs is 3. The molecule has 0 spiro atoms. The van der Waals surface area contributed by atoms with E-state index >= 15 is 0 Å². The molecule has 4 N–H and O–H groups in total. The molecule has 1 aliphatic rings. The second kappa shape index (κ2) is 11.5. The van der Waals surface area contributed by atoms with Crippen molar-refractivity contribution in [3.63, 3.8) is 0 Å². The highest BCUT2D eigenvalue weighted by Crippen LogP contribution is 2.34. The summed E-state index contributed by atoms with van der Waals surface area (Å²) in [6.07, 6.45) is 0.881. The molecule has 206 valence electrons. The molecular formula is C29H21ClFN5O5. The number of carbonyl (C=O) groups is 3. The number of aliphatic imine (C=N–C) groups is 1. The van der Waals surface area contributed by atoms with E-state index in [4.69, 9.17) is 26.8 Å². The molecule has 10 nitrogen and oxygen atoms in total. The molecule has 0 aliphatic carbocycles. The second-order valence-electron chi connectivity index (χ2n) is 9.07. The van der Waals surface area contributed by atoms with Crippen LogP contribution in [0.3, 0.4) is 0 Å². The third kappa shape index (κ3) is 6.04. The number of hydrogen-bond donors (Lipinski definition) is 4. The number of anilines is 2. The van der Waals surface area contributed by atoms with Crippen molar-refractivity contribution in [2.45, 2.75) is 19.0 Å². The van der Waals surface area contributed by atoms with Crippen molar-refractivity contribution in [1.82, 2.24) is 15.3 Å². The Balaban J connectivity index is 1.40. The number of hydrogen-bond acceptors (Lipinski definition) is 7. The number of halogens is 2. The number of carbonyl (C=O) groups excluding carboxylic acids is 1. The summed E-state index contributed by atoms with van der Waals surface area (Å²) in [5, 5.41) is 23.7. The fourth-order valence-corrected chi connectivity index (χ4v) is 4.49. The number of rotatable bonds is 8. The summed E-state index contributed by atoms with van der Waals surface area (Å²) < 4.78 is 14.7. The van der Waals surface area contributed by atoms with E-state index in [1.165, 1.54) is 18.2 Å². The second-order valence-corrected chi connectivity index (χ2v) is 9.50. The summed E-state index contributed by atoms with van der Waals surface area (Å²) in [7, 11) is 0. The van der Waals surface area contributed by atoms with Crippen LogP contribution in [-0.4, -0.2) is 49.8 Å². The number of carboxylic acid groups (broad SMARTS) is 2. The monoisotopic (exact) mass is 573 g/mol. The Labute approximate surface area is 237 Å². The maximum absolute atomic E-state index is 14.7. The average molecular weight is 574 g/mol. The zero-order valence-corrected chi connectivity index (χ0v) is 21.9. The molecule has 3 aromatic carbocycles. The number of aliphatic carboxylic acids is 2. The molecule has 5 rings (SSSR count). The maximum Gasteiger partial charge on any atom is 0.326 e. The van der Waals surface area contributed by atoms with Crippen LogP contribution in [0.5, 0.6) is 0 Å². The van der Waals surface area contributed by atoms with E-state index in [0.717, 1.165) is 5.56 Å². The fraction of sp³-hybridized carbons (Fsp3) is 0.103. The zero-order chi connectivity index (χ0) is 29.1. The van der Waals surface area contributed by atoms with Gasteiger partial charge in [0, 0.05) is 44.7 Å². The molecule has 2 heterocycles. The Morgan fingerprint density at radius 1 is 0.976 bits per heavy atom. The first kappa shape index (κ1) is 27.4. The van der Waals surface area contributed by atoms with E-state index in [0.29, 0.717) is 38.8 Å². The van der Waals surface area contributed by atoms with E-state index in [1.54, 1.807) is 54.7 Å². The van der Waals surface area contributed by atoms with Crippen molar-refractivity contribution in [2.75, 3.05) is 5.32 Å². The van der Waals surface area contributed by atoms with Crippen molar-refractivity contribution in [3.8, 4) is 11.3 Å². The molecule has 1 atom stereocenters. The van der Waals surface area contributed by atoms with Crippen molar-refractivity contribution >= 4 is 46.8 Å². The number of amides is 1. The molecular weight excluding hydrogens is 553 g/mol. The minimum Gasteiger partial charge on any atom is -0.481 e. The first-order valence-electron chi connectivity index (χ1n) is 12.3. The van der Waals surface area contributed by atoms with Gasteiger partial charge in [-0.05, 0) is 48.5 Å². The molecule has 0 saturated heterocycles. The maximum atomic E-state index is 14.7. The van der Waals surface area contributed by atoms with Crippen molar-refractivity contribution in [2.24, 2.45) is 4.99 Å². The van der Waals surface area contributed by atoms with Gasteiger partial charge in [-0.25, -0.2) is 19.2 Å². The molecule has 0 radical (unpaired) electrons. The molecule has 12 heteroatoms. The molecule has 41 heavy (non-hydrogen) atoms. The summed E-state index contributed by atoms with van der Waals surface area (Å²) in [4.78, 5) is 48.3. The molecule has 0 bridgehead atoms. The van der Waals surface area contributed by atoms with Gasteiger partial charge in [0.25, 0.3) is 5.91 Å². The van der Waals surface area contributed by atoms with Crippen LogP contribution in [-0.2, 0) is 16.1 Å². The highest BCUT2D eigenvalue weighted by molar-refractivity contribution is 6.31. The van der Waals surface area contributed by atoms with Gasteiger partial charge in [-0.1, -0.05) is 29.8 Å². The molecule has 1 amide bonds. The smallest absolute Gasteiger partial charge is 0.326 e. The first-order chi connectivity index (χ1) is 19.7. The highest BCUT2D eigenvalue weighted by atomic mass is 35.5. The lowest BCUT2D eigenvalue weighted by molar-refractivity contribution is -0.145. The summed E-state index contributed by atoms with van der Waals surface area (Å²) in [6.45, 7) is 0.217. The first-order valence-corrected chi connectivity index (χ1v) is 12.7. The number of aromatic nitrogens is 2. The van der Waals surface area contributed by atoms with Gasteiger partial charge in [-0.2, -0.15) is 0 Å². The van der Waals surface area contributed by atoms with Gasteiger partial charge in [-0.3, -0.25) is 14.6 Å². The lowest BCUT2D eigenvalue weighted by atomic mass is 9.95. The summed E-state index contributed by atoms with van der Waals surface area (Å²) in [5.41, 5.74) is 4.13. The molecule has 1 aromatic heterocycles. The van der Waals surface area contributed by atoms with Crippen LogP contribution >= 0.6 is 11.6 Å². The Kier molecular flexibility index (Phi) is 7.70. The average Bonchev–Trinajstić information content (AvgIpc) is 3.09. The largest absolute Gasteiger partial charge is 0.481 e.